The van der Waals surface area contributed by atoms with E-state index in [1.54, 1.807) is 0 Å². The van der Waals surface area contributed by atoms with Gasteiger partial charge in [-0.1, -0.05) is 44.5 Å². The molecule has 0 aliphatic carbocycles. The smallest absolute Gasteiger partial charge is 0.0486 e. The summed E-state index contributed by atoms with van der Waals surface area (Å²) in [6, 6.07) is 7.93. The van der Waals surface area contributed by atoms with Crippen LogP contribution in [-0.4, -0.2) is 22.5 Å². The summed E-state index contributed by atoms with van der Waals surface area (Å²) in [4.78, 5) is 0. The zero-order chi connectivity index (χ0) is 14.3. The van der Waals surface area contributed by atoms with Gasteiger partial charge in [-0.25, -0.2) is 0 Å². The maximum absolute atomic E-state index is 12.2. The van der Waals surface area contributed by atoms with Gasteiger partial charge in [0.05, 0.1) is 0 Å². The van der Waals surface area contributed by atoms with Crippen molar-refractivity contribution in [1.29, 1.82) is 0 Å². The average Bonchev–Trinajstić information content (AvgIpc) is 2.37. The van der Waals surface area contributed by atoms with Crippen molar-refractivity contribution in [2.45, 2.75) is 39.0 Å². The van der Waals surface area contributed by atoms with Gasteiger partial charge in [-0.3, -0.25) is 4.21 Å². The molecule has 19 heavy (non-hydrogen) atoms. The van der Waals surface area contributed by atoms with E-state index in [0.29, 0.717) is 23.5 Å². The molecule has 0 saturated heterocycles. The van der Waals surface area contributed by atoms with Crippen LogP contribution in [0.2, 0.25) is 5.02 Å². The van der Waals surface area contributed by atoms with Gasteiger partial charge in [-0.2, -0.15) is 0 Å². The standard InChI is InChI=1S/C15H24ClNOS/c1-4-9-17-15(12(2)3)11-19(18)10-13-5-7-14(16)8-6-13/h5-8,12,15,17H,4,9-11H2,1-3H3. The molecule has 0 saturated carbocycles. The van der Waals surface area contributed by atoms with E-state index in [1.165, 1.54) is 0 Å². The van der Waals surface area contributed by atoms with Crippen LogP contribution >= 0.6 is 11.6 Å². The summed E-state index contributed by atoms with van der Waals surface area (Å²) in [5, 5.41) is 4.20. The van der Waals surface area contributed by atoms with Crippen LogP contribution in [0.4, 0.5) is 0 Å². The Hall–Kier alpha value is -0.380. The van der Waals surface area contributed by atoms with Crippen LogP contribution in [0.15, 0.2) is 24.3 Å². The SMILES string of the molecule is CCCNC(CS(=O)Cc1ccc(Cl)cc1)C(C)C. The summed E-state index contributed by atoms with van der Waals surface area (Å²) in [7, 11) is -0.837. The minimum absolute atomic E-state index is 0.327. The predicted molar refractivity (Wildman–Crippen MR) is 85.1 cm³/mol. The third-order valence-electron chi connectivity index (χ3n) is 3.07. The summed E-state index contributed by atoms with van der Waals surface area (Å²) in [5.41, 5.74) is 1.08. The summed E-state index contributed by atoms with van der Waals surface area (Å²) < 4.78 is 12.2. The van der Waals surface area contributed by atoms with Crippen molar-refractivity contribution in [3.63, 3.8) is 0 Å². The highest BCUT2D eigenvalue weighted by Gasteiger charge is 2.15. The Morgan fingerprint density at radius 2 is 1.89 bits per heavy atom. The summed E-state index contributed by atoms with van der Waals surface area (Å²) in [5.74, 6) is 1.81. The van der Waals surface area contributed by atoms with E-state index in [9.17, 15) is 4.21 Å². The lowest BCUT2D eigenvalue weighted by molar-refractivity contribution is 0.431. The second-order valence-corrected chi connectivity index (χ2v) is 7.12. The molecule has 1 aromatic rings. The quantitative estimate of drug-likeness (QED) is 0.794. The van der Waals surface area contributed by atoms with Crippen molar-refractivity contribution in [1.82, 2.24) is 5.32 Å². The van der Waals surface area contributed by atoms with E-state index < -0.39 is 10.8 Å². The average molecular weight is 302 g/mol. The number of halogens is 1. The first kappa shape index (κ1) is 16.7. The molecule has 0 radical (unpaired) electrons. The molecule has 0 bridgehead atoms. The second kappa shape index (κ2) is 8.72. The maximum Gasteiger partial charge on any atom is 0.0486 e. The Kier molecular flexibility index (Phi) is 7.66. The molecule has 4 heteroatoms. The first-order valence-electron chi connectivity index (χ1n) is 6.85. The fourth-order valence-corrected chi connectivity index (χ4v) is 3.55. The van der Waals surface area contributed by atoms with Crippen LogP contribution in [0, 0.1) is 5.92 Å². The summed E-state index contributed by atoms with van der Waals surface area (Å²) in [6.45, 7) is 7.48. The van der Waals surface area contributed by atoms with Crippen molar-refractivity contribution in [2.75, 3.05) is 12.3 Å². The molecule has 1 aromatic carbocycles. The molecule has 0 heterocycles. The number of benzene rings is 1. The van der Waals surface area contributed by atoms with Gasteiger partial charge in [-0.05, 0) is 36.6 Å². The normalized spacial score (nSPS) is 14.6. The van der Waals surface area contributed by atoms with Crippen LogP contribution in [0.25, 0.3) is 0 Å². The first-order chi connectivity index (χ1) is 9.02. The Morgan fingerprint density at radius 3 is 2.42 bits per heavy atom. The van der Waals surface area contributed by atoms with Gasteiger partial charge in [0.15, 0.2) is 0 Å². The van der Waals surface area contributed by atoms with Crippen LogP contribution in [0.3, 0.4) is 0 Å². The lowest BCUT2D eigenvalue weighted by Crippen LogP contribution is -2.39. The van der Waals surface area contributed by atoms with E-state index in [0.717, 1.165) is 23.6 Å². The number of hydrogen-bond donors (Lipinski definition) is 1. The lowest BCUT2D eigenvalue weighted by atomic mass is 10.1. The highest BCUT2D eigenvalue weighted by atomic mass is 35.5. The van der Waals surface area contributed by atoms with Crippen molar-refractivity contribution in [3.8, 4) is 0 Å². The molecule has 108 valence electrons. The first-order valence-corrected chi connectivity index (χ1v) is 8.72. The monoisotopic (exact) mass is 301 g/mol. The summed E-state index contributed by atoms with van der Waals surface area (Å²) >= 11 is 5.85. The highest BCUT2D eigenvalue weighted by Crippen LogP contribution is 2.12. The van der Waals surface area contributed by atoms with Crippen LogP contribution in [0.1, 0.15) is 32.8 Å². The largest absolute Gasteiger partial charge is 0.313 e. The maximum atomic E-state index is 12.2. The summed E-state index contributed by atoms with van der Waals surface area (Å²) in [6.07, 6.45) is 1.10. The molecule has 0 amide bonds. The molecule has 2 nitrogen and oxygen atoms in total. The van der Waals surface area contributed by atoms with Gasteiger partial charge in [-0.15, -0.1) is 0 Å². The number of hydrogen-bond acceptors (Lipinski definition) is 2. The molecule has 1 N–H and O–H groups in total. The van der Waals surface area contributed by atoms with E-state index in [-0.39, 0.29) is 0 Å². The molecule has 1 rings (SSSR count). The molecular weight excluding hydrogens is 278 g/mol. The van der Waals surface area contributed by atoms with Gasteiger partial charge < -0.3 is 5.32 Å². The van der Waals surface area contributed by atoms with Crippen LogP contribution in [-0.2, 0) is 16.6 Å². The third kappa shape index (κ3) is 6.55. The Morgan fingerprint density at radius 1 is 1.26 bits per heavy atom. The minimum Gasteiger partial charge on any atom is -0.313 e. The molecule has 0 aliphatic heterocycles. The Balaban J connectivity index is 2.50. The molecule has 2 atom stereocenters. The van der Waals surface area contributed by atoms with Crippen molar-refractivity contribution in [2.24, 2.45) is 5.92 Å². The molecule has 0 fully saturated rings. The third-order valence-corrected chi connectivity index (χ3v) is 4.71. The lowest BCUT2D eigenvalue weighted by Gasteiger charge is -2.21. The van der Waals surface area contributed by atoms with E-state index in [2.05, 4.69) is 26.1 Å². The molecule has 0 aromatic heterocycles. The van der Waals surface area contributed by atoms with Crippen molar-refractivity contribution >= 4 is 22.4 Å². The van der Waals surface area contributed by atoms with Gasteiger partial charge in [0.1, 0.15) is 0 Å². The van der Waals surface area contributed by atoms with Crippen molar-refractivity contribution in [3.05, 3.63) is 34.9 Å². The highest BCUT2D eigenvalue weighted by molar-refractivity contribution is 7.84. The van der Waals surface area contributed by atoms with Gasteiger partial charge >= 0.3 is 0 Å². The van der Waals surface area contributed by atoms with Crippen molar-refractivity contribution < 1.29 is 4.21 Å². The predicted octanol–water partition coefficient (Wildman–Crippen LogP) is 3.61. The van der Waals surface area contributed by atoms with Crippen LogP contribution in [0.5, 0.6) is 0 Å². The Bertz CT molecular complexity index is 392. The van der Waals surface area contributed by atoms with Gasteiger partial charge in [0, 0.05) is 33.4 Å². The van der Waals surface area contributed by atoms with Crippen LogP contribution < -0.4 is 5.32 Å². The fraction of sp³-hybridized carbons (Fsp3) is 0.600. The van der Waals surface area contributed by atoms with Gasteiger partial charge in [0.2, 0.25) is 0 Å². The second-order valence-electron chi connectivity index (χ2n) is 5.18. The van der Waals surface area contributed by atoms with Gasteiger partial charge in [0.25, 0.3) is 0 Å². The van der Waals surface area contributed by atoms with E-state index in [1.807, 2.05) is 24.3 Å². The number of rotatable bonds is 8. The molecular formula is C15H24ClNOS. The zero-order valence-corrected chi connectivity index (χ0v) is 13.6. The molecule has 2 unspecified atom stereocenters. The molecule has 0 aliphatic rings. The topological polar surface area (TPSA) is 29.1 Å². The zero-order valence-electron chi connectivity index (χ0n) is 12.0. The Labute approximate surface area is 124 Å². The number of nitrogens with one attached hydrogen (secondary N) is 1. The van der Waals surface area contributed by atoms with E-state index >= 15 is 0 Å². The molecule has 0 spiro atoms. The minimum atomic E-state index is -0.837. The fourth-order valence-electron chi connectivity index (χ4n) is 1.84. The van der Waals surface area contributed by atoms with E-state index in [4.69, 9.17) is 11.6 Å².